The highest BCUT2D eigenvalue weighted by Crippen LogP contribution is 2.25. The third-order valence-electron chi connectivity index (χ3n) is 3.26. The van der Waals surface area contributed by atoms with Gasteiger partial charge in [0.15, 0.2) is 0 Å². The summed E-state index contributed by atoms with van der Waals surface area (Å²) in [6.45, 7) is 5.83. The Morgan fingerprint density at radius 1 is 1.40 bits per heavy atom. The summed E-state index contributed by atoms with van der Waals surface area (Å²) in [5, 5.41) is 15.6. The molecule has 1 heterocycles. The van der Waals surface area contributed by atoms with Crippen molar-refractivity contribution in [2.24, 2.45) is 0 Å². The number of hydrogen-bond donors (Lipinski definition) is 2. The van der Waals surface area contributed by atoms with E-state index >= 15 is 0 Å². The second kappa shape index (κ2) is 5.77. The molecule has 0 aliphatic heterocycles. The van der Waals surface area contributed by atoms with Crippen LogP contribution in [0.2, 0.25) is 0 Å². The van der Waals surface area contributed by atoms with E-state index in [4.69, 9.17) is 9.84 Å². The maximum absolute atomic E-state index is 11.0. The largest absolute Gasteiger partial charge is 0.491 e. The Kier molecular flexibility index (Phi) is 4.08. The van der Waals surface area contributed by atoms with Crippen molar-refractivity contribution in [3.05, 3.63) is 35.5 Å². The normalized spacial score (nSPS) is 12.2. The number of nitrogens with one attached hydrogen (secondary N) is 1. The van der Waals surface area contributed by atoms with Crippen molar-refractivity contribution in [2.75, 3.05) is 0 Å². The molecule has 1 unspecified atom stereocenters. The number of carbonyl (C=O) groups is 1. The minimum Gasteiger partial charge on any atom is -0.491 e. The number of H-pyrrole nitrogens is 1. The monoisotopic (exact) mass is 274 g/mol. The predicted octanol–water partition coefficient (Wildman–Crippen LogP) is 3.26. The van der Waals surface area contributed by atoms with Gasteiger partial charge in [-0.05, 0) is 44.5 Å². The first-order chi connectivity index (χ1) is 9.52. The first kappa shape index (κ1) is 14.1. The van der Waals surface area contributed by atoms with E-state index in [-0.39, 0.29) is 11.8 Å². The molecule has 1 aromatic heterocycles. The van der Waals surface area contributed by atoms with E-state index in [1.54, 1.807) is 6.92 Å². The highest BCUT2D eigenvalue weighted by Gasteiger charge is 2.15. The molecule has 0 radical (unpaired) electrons. The Bertz CT molecular complexity index is 602. The Morgan fingerprint density at radius 2 is 2.05 bits per heavy atom. The first-order valence-corrected chi connectivity index (χ1v) is 6.58. The van der Waals surface area contributed by atoms with Crippen LogP contribution in [0.3, 0.4) is 0 Å². The lowest BCUT2D eigenvalue weighted by molar-refractivity contribution is 0.0689. The number of hydrogen-bond acceptors (Lipinski definition) is 3. The maximum Gasteiger partial charge on any atom is 0.354 e. The zero-order chi connectivity index (χ0) is 14.7. The molecule has 0 aliphatic rings. The molecule has 106 valence electrons. The minimum atomic E-state index is -1.00. The van der Waals surface area contributed by atoms with Crippen LogP contribution in [0.5, 0.6) is 5.75 Å². The number of aromatic amines is 1. The molecule has 2 aromatic rings. The van der Waals surface area contributed by atoms with Crippen LogP contribution in [0, 0.1) is 6.92 Å². The molecule has 2 rings (SSSR count). The van der Waals surface area contributed by atoms with Crippen LogP contribution >= 0.6 is 0 Å². The van der Waals surface area contributed by atoms with E-state index in [9.17, 15) is 4.79 Å². The molecule has 2 N–H and O–H groups in total. The fraction of sp³-hybridized carbons (Fsp3) is 0.333. The van der Waals surface area contributed by atoms with Gasteiger partial charge < -0.3 is 9.84 Å². The average Bonchev–Trinajstić information content (AvgIpc) is 2.81. The second-order valence-electron chi connectivity index (χ2n) is 4.74. The minimum absolute atomic E-state index is 0.125. The molecule has 0 saturated heterocycles. The van der Waals surface area contributed by atoms with E-state index < -0.39 is 5.97 Å². The lowest BCUT2D eigenvalue weighted by atomic mass is 10.1. The van der Waals surface area contributed by atoms with E-state index in [1.165, 1.54) is 0 Å². The van der Waals surface area contributed by atoms with Gasteiger partial charge in [-0.15, -0.1) is 0 Å². The van der Waals surface area contributed by atoms with Crippen LogP contribution in [-0.4, -0.2) is 27.4 Å². The summed E-state index contributed by atoms with van der Waals surface area (Å²) in [4.78, 5) is 11.0. The molecule has 0 spiro atoms. The number of nitrogens with zero attached hydrogens (tertiary/aromatic N) is 1. The number of rotatable bonds is 5. The highest BCUT2D eigenvalue weighted by atomic mass is 16.5. The number of benzene rings is 1. The zero-order valence-corrected chi connectivity index (χ0v) is 11.8. The van der Waals surface area contributed by atoms with Gasteiger partial charge in [-0.3, -0.25) is 5.10 Å². The van der Waals surface area contributed by atoms with Gasteiger partial charge in [0.25, 0.3) is 0 Å². The summed E-state index contributed by atoms with van der Waals surface area (Å²) in [6, 6.07) is 7.51. The third-order valence-corrected chi connectivity index (χ3v) is 3.26. The summed E-state index contributed by atoms with van der Waals surface area (Å²) in [5.74, 6) is -0.201. The van der Waals surface area contributed by atoms with Crippen LogP contribution < -0.4 is 4.74 Å². The summed E-state index contributed by atoms with van der Waals surface area (Å²) < 4.78 is 5.71. The fourth-order valence-electron chi connectivity index (χ4n) is 1.89. The topological polar surface area (TPSA) is 75.2 Å². The Morgan fingerprint density at radius 3 is 2.55 bits per heavy atom. The van der Waals surface area contributed by atoms with Gasteiger partial charge in [-0.2, -0.15) is 5.10 Å². The lowest BCUT2D eigenvalue weighted by Gasteiger charge is -2.12. The van der Waals surface area contributed by atoms with Crippen LogP contribution in [0.4, 0.5) is 0 Å². The van der Waals surface area contributed by atoms with Gasteiger partial charge in [0.05, 0.1) is 11.8 Å². The average molecular weight is 274 g/mol. The van der Waals surface area contributed by atoms with Crippen molar-refractivity contribution in [2.45, 2.75) is 33.3 Å². The predicted molar refractivity (Wildman–Crippen MR) is 76.1 cm³/mol. The highest BCUT2D eigenvalue weighted by molar-refractivity contribution is 5.89. The number of aromatic carboxylic acids is 1. The molecular weight excluding hydrogens is 256 g/mol. The zero-order valence-electron chi connectivity index (χ0n) is 11.8. The molecule has 0 saturated carbocycles. The van der Waals surface area contributed by atoms with E-state index in [1.807, 2.05) is 31.2 Å². The van der Waals surface area contributed by atoms with Gasteiger partial charge in [-0.25, -0.2) is 4.79 Å². The summed E-state index contributed by atoms with van der Waals surface area (Å²) in [7, 11) is 0. The van der Waals surface area contributed by atoms with Crippen LogP contribution in [0.1, 0.15) is 36.3 Å². The van der Waals surface area contributed by atoms with E-state index in [2.05, 4.69) is 17.1 Å². The van der Waals surface area contributed by atoms with Crippen molar-refractivity contribution in [3.63, 3.8) is 0 Å². The number of aromatic nitrogens is 2. The van der Waals surface area contributed by atoms with Gasteiger partial charge >= 0.3 is 5.97 Å². The fourth-order valence-corrected chi connectivity index (χ4v) is 1.89. The summed E-state index contributed by atoms with van der Waals surface area (Å²) in [5.41, 5.74) is 2.27. The molecule has 20 heavy (non-hydrogen) atoms. The molecule has 0 fully saturated rings. The van der Waals surface area contributed by atoms with Gasteiger partial charge in [0.2, 0.25) is 0 Å². The summed E-state index contributed by atoms with van der Waals surface area (Å²) in [6.07, 6.45) is 1.12. The Hall–Kier alpha value is -2.30. The van der Waals surface area contributed by atoms with E-state index in [0.29, 0.717) is 11.3 Å². The lowest BCUT2D eigenvalue weighted by Crippen LogP contribution is -2.09. The molecule has 0 bridgehead atoms. The molecule has 1 atom stereocenters. The molecule has 0 amide bonds. The molecule has 5 nitrogen and oxygen atoms in total. The van der Waals surface area contributed by atoms with Gasteiger partial charge in [-0.1, -0.05) is 6.92 Å². The Labute approximate surface area is 117 Å². The Balaban J connectivity index is 2.24. The van der Waals surface area contributed by atoms with Crippen LogP contribution in [-0.2, 0) is 0 Å². The van der Waals surface area contributed by atoms with Crippen molar-refractivity contribution < 1.29 is 14.6 Å². The smallest absolute Gasteiger partial charge is 0.354 e. The SMILES string of the molecule is CCC(C)Oc1ccc(-c2n[nH]c(C(=O)O)c2C)cc1. The molecule has 0 aliphatic carbocycles. The van der Waals surface area contributed by atoms with Gasteiger partial charge in [0, 0.05) is 11.1 Å². The first-order valence-electron chi connectivity index (χ1n) is 6.58. The number of carboxylic acid groups (broad SMARTS) is 1. The van der Waals surface area contributed by atoms with Crippen molar-refractivity contribution in [3.8, 4) is 17.0 Å². The molecular formula is C15H18N2O3. The van der Waals surface area contributed by atoms with Crippen molar-refractivity contribution >= 4 is 5.97 Å². The summed E-state index contributed by atoms with van der Waals surface area (Å²) >= 11 is 0. The van der Waals surface area contributed by atoms with Gasteiger partial charge in [0.1, 0.15) is 11.4 Å². The quantitative estimate of drug-likeness (QED) is 0.877. The number of ether oxygens (including phenoxy) is 1. The van der Waals surface area contributed by atoms with Crippen molar-refractivity contribution in [1.82, 2.24) is 10.2 Å². The standard InChI is InChI=1S/C15H18N2O3/c1-4-9(2)20-12-7-5-11(6-8-12)13-10(3)14(15(18)19)17-16-13/h5-9H,4H2,1-3H3,(H,16,17)(H,18,19). The number of carboxylic acids is 1. The van der Waals surface area contributed by atoms with Crippen molar-refractivity contribution in [1.29, 1.82) is 0 Å². The van der Waals surface area contributed by atoms with Crippen LogP contribution in [0.25, 0.3) is 11.3 Å². The molecule has 5 heteroatoms. The molecule has 1 aromatic carbocycles. The van der Waals surface area contributed by atoms with Crippen LogP contribution in [0.15, 0.2) is 24.3 Å². The second-order valence-corrected chi connectivity index (χ2v) is 4.74. The third kappa shape index (κ3) is 2.82. The maximum atomic E-state index is 11.0. The van der Waals surface area contributed by atoms with E-state index in [0.717, 1.165) is 17.7 Å².